The number of aromatic nitrogens is 1. The zero-order valence-corrected chi connectivity index (χ0v) is 34.0. The van der Waals surface area contributed by atoms with Crippen LogP contribution in [0.5, 0.6) is 5.75 Å². The number of benzene rings is 6. The predicted octanol–water partition coefficient (Wildman–Crippen LogP) is 15.1. The molecule has 3 aromatic heterocycles. The zero-order valence-electron chi connectivity index (χ0n) is 32.3. The topological polar surface area (TPSA) is 17.4 Å². The van der Waals surface area contributed by atoms with Crippen molar-refractivity contribution < 1.29 is 4.74 Å². The number of allylic oxidation sites excluding steroid dienone is 8. The minimum absolute atomic E-state index is 0.300. The second-order valence-corrected chi connectivity index (χ2v) is 18.9. The molecule has 9 aromatic rings. The molecule has 59 heavy (non-hydrogen) atoms. The van der Waals surface area contributed by atoms with Gasteiger partial charge in [-0.15, -0.1) is 22.7 Å². The fraction of sp³-hybridized carbons (Fsp3) is 0.111. The fourth-order valence-corrected chi connectivity index (χ4v) is 13.7. The summed E-state index contributed by atoms with van der Waals surface area (Å²) in [5.74, 6) is 2.39. The Morgan fingerprint density at radius 2 is 1.41 bits per heavy atom. The summed E-state index contributed by atoms with van der Waals surface area (Å²) in [6, 6.07) is 50.4. The summed E-state index contributed by atoms with van der Waals surface area (Å²) >= 11 is 3.86. The molecule has 6 aromatic carbocycles. The Morgan fingerprint density at radius 1 is 0.695 bits per heavy atom. The first-order chi connectivity index (χ1) is 29.1. The van der Waals surface area contributed by atoms with Crippen molar-refractivity contribution in [2.75, 3.05) is 4.90 Å². The molecule has 0 fully saturated rings. The Hall–Kier alpha value is -6.40. The smallest absolute Gasteiger partial charge is 0.131 e. The maximum absolute atomic E-state index is 6.36. The van der Waals surface area contributed by atoms with E-state index in [1.165, 1.54) is 108 Å². The van der Waals surface area contributed by atoms with Gasteiger partial charge in [0.1, 0.15) is 11.5 Å². The summed E-state index contributed by atoms with van der Waals surface area (Å²) in [4.78, 5) is 2.59. The number of nitrogens with zero attached hydrogens (tertiary/aromatic N) is 2. The molecule has 5 aliphatic rings. The van der Waals surface area contributed by atoms with Crippen LogP contribution in [0.4, 0.5) is 11.4 Å². The molecular formula is C54H36N2OS2. The number of rotatable bonds is 3. The molecule has 0 saturated carbocycles. The van der Waals surface area contributed by atoms with Gasteiger partial charge >= 0.3 is 0 Å². The van der Waals surface area contributed by atoms with Crippen molar-refractivity contribution in [3.63, 3.8) is 0 Å². The van der Waals surface area contributed by atoms with E-state index in [9.17, 15) is 0 Å². The summed E-state index contributed by atoms with van der Waals surface area (Å²) in [7, 11) is 0. The summed E-state index contributed by atoms with van der Waals surface area (Å²) in [5.41, 5.74) is 18.1. The maximum Gasteiger partial charge on any atom is 0.131 e. The first kappa shape index (κ1) is 32.5. The Bertz CT molecular complexity index is 3390. The van der Waals surface area contributed by atoms with Gasteiger partial charge in [0.2, 0.25) is 0 Å². The summed E-state index contributed by atoms with van der Waals surface area (Å²) in [6.07, 6.45) is 12.0. The van der Waals surface area contributed by atoms with Crippen molar-refractivity contribution in [1.82, 2.24) is 4.57 Å². The molecule has 3 aliphatic carbocycles. The molecule has 5 heterocycles. The molecule has 0 radical (unpaired) electrons. The molecule has 14 rings (SSSR count). The van der Waals surface area contributed by atoms with Crippen molar-refractivity contribution in [1.29, 1.82) is 0 Å². The van der Waals surface area contributed by atoms with Crippen molar-refractivity contribution in [2.24, 2.45) is 0 Å². The highest BCUT2D eigenvalue weighted by molar-refractivity contribution is 7.33. The molecule has 3 nitrogen and oxygen atoms in total. The third-order valence-electron chi connectivity index (χ3n) is 13.8. The van der Waals surface area contributed by atoms with Crippen LogP contribution in [0.15, 0.2) is 175 Å². The van der Waals surface area contributed by atoms with E-state index >= 15 is 0 Å². The number of ether oxygens (including phenoxy) is 1. The van der Waals surface area contributed by atoms with Crippen LogP contribution in [-0.2, 0) is 5.41 Å². The van der Waals surface area contributed by atoms with E-state index < -0.39 is 0 Å². The summed E-state index contributed by atoms with van der Waals surface area (Å²) in [5, 5.41) is 2.64. The predicted molar refractivity (Wildman–Crippen MR) is 248 cm³/mol. The van der Waals surface area contributed by atoms with Crippen LogP contribution in [0.25, 0.3) is 63.0 Å². The standard InChI is InChI=1S/C54H36N2OS2/c1-54-41-16-6-2-11-35(41)38-15-10-17-44(49(38)54)55(33-24-21-31(22-25-33)32-23-27-37-36-12-3-7-18-45(36)57-46(37)29-32)43-28-26-34(30-42(43)54)56-50-39-13-4-8-19-47(39)58-52(50)53-51(56)40-14-5-9-20-48(40)59-53/h2-9,11,13-16,18-30,36H,10,12,17H2,1H3. The van der Waals surface area contributed by atoms with E-state index in [4.69, 9.17) is 4.74 Å². The van der Waals surface area contributed by atoms with E-state index in [0.29, 0.717) is 5.92 Å². The lowest BCUT2D eigenvalue weighted by Crippen LogP contribution is -2.35. The highest BCUT2D eigenvalue weighted by Crippen LogP contribution is 2.63. The lowest BCUT2D eigenvalue weighted by Gasteiger charge is -2.44. The number of hydrogen-bond acceptors (Lipinski definition) is 4. The Morgan fingerprint density at radius 3 is 2.20 bits per heavy atom. The monoisotopic (exact) mass is 792 g/mol. The molecule has 0 amide bonds. The molecule has 2 aliphatic heterocycles. The Balaban J connectivity index is 0.978. The Kier molecular flexibility index (Phi) is 6.41. The molecule has 0 bridgehead atoms. The third kappa shape index (κ3) is 4.21. The highest BCUT2D eigenvalue weighted by Gasteiger charge is 2.51. The van der Waals surface area contributed by atoms with E-state index in [0.717, 1.165) is 30.8 Å². The van der Waals surface area contributed by atoms with Gasteiger partial charge < -0.3 is 14.2 Å². The molecule has 0 N–H and O–H groups in total. The summed E-state index contributed by atoms with van der Waals surface area (Å²) in [6.45, 7) is 2.50. The van der Waals surface area contributed by atoms with E-state index in [2.05, 4.69) is 174 Å². The summed E-state index contributed by atoms with van der Waals surface area (Å²) < 4.78 is 14.4. The SMILES string of the molecule is CC12C3=C(CCC=C3c3ccccc31)N(c1ccc(-c3ccc4c(c3)OC3=CC=CCC34)cc1)c1ccc(-n3c4c5ccccc5sc4c4sc5ccccc5c43)cc12. The number of anilines is 2. The first-order valence-corrected chi connectivity index (χ1v) is 22.4. The van der Waals surface area contributed by atoms with E-state index in [1.807, 2.05) is 22.7 Å². The van der Waals surface area contributed by atoms with Crippen molar-refractivity contribution in [3.05, 3.63) is 197 Å². The largest absolute Gasteiger partial charge is 0.461 e. The normalized spacial score (nSPS) is 19.8. The van der Waals surface area contributed by atoms with Crippen molar-refractivity contribution >= 4 is 80.2 Å². The van der Waals surface area contributed by atoms with Crippen molar-refractivity contribution in [2.45, 2.75) is 37.5 Å². The van der Waals surface area contributed by atoms with Crippen LogP contribution >= 0.6 is 22.7 Å². The van der Waals surface area contributed by atoms with Crippen LogP contribution < -0.4 is 9.64 Å². The van der Waals surface area contributed by atoms with Crippen LogP contribution in [-0.4, -0.2) is 4.57 Å². The Labute approximate surface area is 349 Å². The van der Waals surface area contributed by atoms with E-state index in [1.54, 1.807) is 0 Å². The van der Waals surface area contributed by atoms with E-state index in [-0.39, 0.29) is 5.41 Å². The number of hydrogen-bond donors (Lipinski definition) is 0. The van der Waals surface area contributed by atoms with Gasteiger partial charge in [-0.25, -0.2) is 0 Å². The van der Waals surface area contributed by atoms with Gasteiger partial charge in [0, 0.05) is 54.1 Å². The van der Waals surface area contributed by atoms with Gasteiger partial charge in [0.05, 0.1) is 26.1 Å². The quantitative estimate of drug-likeness (QED) is 0.177. The number of fused-ring (bicyclic) bond motifs is 15. The average molecular weight is 793 g/mol. The molecular weight excluding hydrogens is 757 g/mol. The third-order valence-corrected chi connectivity index (χ3v) is 16.3. The average Bonchev–Trinajstić information content (AvgIpc) is 4.08. The minimum Gasteiger partial charge on any atom is -0.461 e. The van der Waals surface area contributed by atoms with Crippen LogP contribution in [0.1, 0.15) is 54.4 Å². The van der Waals surface area contributed by atoms with Gasteiger partial charge in [-0.1, -0.05) is 103 Å². The van der Waals surface area contributed by atoms with Crippen molar-refractivity contribution in [3.8, 4) is 22.6 Å². The van der Waals surface area contributed by atoms with Crippen LogP contribution in [0.3, 0.4) is 0 Å². The molecule has 2 unspecified atom stereocenters. The molecule has 5 heteroatoms. The highest BCUT2D eigenvalue weighted by atomic mass is 32.1. The molecule has 280 valence electrons. The van der Waals surface area contributed by atoms with Crippen LogP contribution in [0.2, 0.25) is 0 Å². The molecule has 0 saturated heterocycles. The lowest BCUT2D eigenvalue weighted by molar-refractivity contribution is 0.425. The molecule has 0 spiro atoms. The number of thiophene rings is 2. The second kappa shape index (κ2) is 11.6. The fourth-order valence-electron chi connectivity index (χ4n) is 11.2. The first-order valence-electron chi connectivity index (χ1n) is 20.7. The van der Waals surface area contributed by atoms with Crippen LogP contribution in [0, 0.1) is 0 Å². The van der Waals surface area contributed by atoms with Gasteiger partial charge in [-0.2, -0.15) is 0 Å². The zero-order chi connectivity index (χ0) is 38.6. The minimum atomic E-state index is -0.300. The lowest BCUT2D eigenvalue weighted by atomic mass is 9.69. The van der Waals surface area contributed by atoms with Gasteiger partial charge in [0.15, 0.2) is 0 Å². The molecule has 2 atom stereocenters. The van der Waals surface area contributed by atoms with Gasteiger partial charge in [-0.05, 0) is 120 Å². The van der Waals surface area contributed by atoms with Gasteiger partial charge in [0.25, 0.3) is 0 Å². The maximum atomic E-state index is 6.36. The second-order valence-electron chi connectivity index (χ2n) is 16.8. The van der Waals surface area contributed by atoms with Gasteiger partial charge in [-0.3, -0.25) is 0 Å².